The molecule has 0 bridgehead atoms. The highest BCUT2D eigenvalue weighted by Crippen LogP contribution is 2.11. The molecule has 1 rings (SSSR count). The molecule has 5 nitrogen and oxygen atoms in total. The van der Waals surface area contributed by atoms with Crippen LogP contribution in [0.4, 0.5) is 5.69 Å². The molecule has 0 heterocycles. The van der Waals surface area contributed by atoms with Crippen molar-refractivity contribution >= 4 is 11.6 Å². The maximum atomic E-state index is 11.8. The normalized spacial score (nSPS) is 12.3. The van der Waals surface area contributed by atoms with Crippen LogP contribution in [0.3, 0.4) is 0 Å². The summed E-state index contributed by atoms with van der Waals surface area (Å²) >= 11 is 0. The summed E-state index contributed by atoms with van der Waals surface area (Å²) in [6, 6.07) is 8.12. The zero-order valence-electron chi connectivity index (χ0n) is 13.5. The van der Waals surface area contributed by atoms with Crippen LogP contribution >= 0.6 is 0 Å². The molecular weight excluding hydrogens is 266 g/mol. The number of likely N-dealkylation sites (N-methyl/N-ethyl adjacent to an activating group) is 1. The van der Waals surface area contributed by atoms with Crippen LogP contribution in [0.5, 0.6) is 0 Å². The average molecular weight is 293 g/mol. The molecule has 0 saturated carbocycles. The lowest BCUT2D eigenvalue weighted by Gasteiger charge is -2.17. The summed E-state index contributed by atoms with van der Waals surface area (Å²) in [7, 11) is 5.88. The second-order valence-electron chi connectivity index (χ2n) is 5.71. The summed E-state index contributed by atoms with van der Waals surface area (Å²) in [4.78, 5) is 15.8. The van der Waals surface area contributed by atoms with E-state index in [0.29, 0.717) is 26.1 Å². The predicted octanol–water partition coefficient (Wildman–Crippen LogP) is 1.07. The van der Waals surface area contributed by atoms with E-state index in [1.165, 1.54) is 0 Å². The highest BCUT2D eigenvalue weighted by molar-refractivity contribution is 5.77. The van der Waals surface area contributed by atoms with E-state index in [1.54, 1.807) is 6.92 Å². The Kier molecular flexibility index (Phi) is 7.19. The quantitative estimate of drug-likeness (QED) is 0.753. The Labute approximate surface area is 127 Å². The van der Waals surface area contributed by atoms with Crippen LogP contribution in [0, 0.1) is 0 Å². The Morgan fingerprint density at radius 3 is 2.38 bits per heavy atom. The van der Waals surface area contributed by atoms with Crippen molar-refractivity contribution in [3.05, 3.63) is 29.8 Å². The number of nitrogens with zero attached hydrogens (tertiary/aromatic N) is 2. The van der Waals surface area contributed by atoms with Gasteiger partial charge in [0.1, 0.15) is 0 Å². The average Bonchev–Trinajstić information content (AvgIpc) is 2.43. The van der Waals surface area contributed by atoms with E-state index in [0.717, 1.165) is 11.3 Å². The molecule has 118 valence electrons. The minimum Gasteiger partial charge on any atom is -0.393 e. The molecular formula is C16H27N3O2. The number of nitrogens with one attached hydrogen (secondary N) is 1. The standard InChI is InChI=1S/C16H27N3O2/c1-13(20)9-10-19(4)12-16(21)17-11-14-5-7-15(8-6-14)18(2)3/h5-8,13,20H,9-12H2,1-4H3,(H,17,21). The van der Waals surface area contributed by atoms with Crippen molar-refractivity contribution in [1.29, 1.82) is 0 Å². The third-order valence-corrected chi connectivity index (χ3v) is 3.28. The number of benzene rings is 1. The molecule has 0 aliphatic heterocycles. The zero-order valence-corrected chi connectivity index (χ0v) is 13.5. The molecule has 0 aliphatic rings. The van der Waals surface area contributed by atoms with Crippen LogP contribution in [-0.2, 0) is 11.3 Å². The van der Waals surface area contributed by atoms with Gasteiger partial charge in [-0.2, -0.15) is 0 Å². The maximum absolute atomic E-state index is 11.8. The highest BCUT2D eigenvalue weighted by Gasteiger charge is 2.07. The number of anilines is 1. The molecule has 1 atom stereocenters. The van der Waals surface area contributed by atoms with E-state index < -0.39 is 0 Å². The largest absolute Gasteiger partial charge is 0.393 e. The van der Waals surface area contributed by atoms with Crippen LogP contribution in [0.1, 0.15) is 18.9 Å². The third kappa shape index (κ3) is 7.11. The van der Waals surface area contributed by atoms with Crippen LogP contribution in [-0.4, -0.2) is 56.3 Å². The van der Waals surface area contributed by atoms with E-state index in [-0.39, 0.29) is 12.0 Å². The van der Waals surface area contributed by atoms with Crippen molar-refractivity contribution in [1.82, 2.24) is 10.2 Å². The molecule has 1 aromatic carbocycles. The van der Waals surface area contributed by atoms with Gasteiger partial charge in [-0.15, -0.1) is 0 Å². The van der Waals surface area contributed by atoms with E-state index in [2.05, 4.69) is 5.32 Å². The van der Waals surface area contributed by atoms with Gasteiger partial charge in [0, 0.05) is 32.9 Å². The summed E-state index contributed by atoms with van der Waals surface area (Å²) < 4.78 is 0. The second kappa shape index (κ2) is 8.64. The van der Waals surface area contributed by atoms with Crippen molar-refractivity contribution in [3.8, 4) is 0 Å². The lowest BCUT2D eigenvalue weighted by molar-refractivity contribution is -0.122. The Morgan fingerprint density at radius 2 is 1.86 bits per heavy atom. The number of hydrogen-bond donors (Lipinski definition) is 2. The fourth-order valence-electron chi connectivity index (χ4n) is 1.90. The molecule has 0 radical (unpaired) electrons. The number of carbonyl (C=O) groups is 1. The van der Waals surface area contributed by atoms with Gasteiger partial charge in [0.05, 0.1) is 12.6 Å². The molecule has 0 spiro atoms. The number of rotatable bonds is 8. The van der Waals surface area contributed by atoms with Gasteiger partial charge in [-0.1, -0.05) is 12.1 Å². The first-order valence-electron chi connectivity index (χ1n) is 7.28. The topological polar surface area (TPSA) is 55.8 Å². The first kappa shape index (κ1) is 17.5. The fraction of sp³-hybridized carbons (Fsp3) is 0.562. The third-order valence-electron chi connectivity index (χ3n) is 3.28. The molecule has 0 saturated heterocycles. The Balaban J connectivity index is 2.32. The summed E-state index contributed by atoms with van der Waals surface area (Å²) in [6.45, 7) is 3.35. The van der Waals surface area contributed by atoms with Gasteiger partial charge in [0.2, 0.25) is 5.91 Å². The molecule has 0 fully saturated rings. The van der Waals surface area contributed by atoms with Gasteiger partial charge >= 0.3 is 0 Å². The van der Waals surface area contributed by atoms with Crippen LogP contribution < -0.4 is 10.2 Å². The smallest absolute Gasteiger partial charge is 0.234 e. The van der Waals surface area contributed by atoms with E-state index in [4.69, 9.17) is 0 Å². The van der Waals surface area contributed by atoms with E-state index in [9.17, 15) is 9.90 Å². The van der Waals surface area contributed by atoms with Crippen molar-refractivity contribution in [2.24, 2.45) is 0 Å². The fourth-order valence-corrected chi connectivity index (χ4v) is 1.90. The van der Waals surface area contributed by atoms with Crippen molar-refractivity contribution in [2.75, 3.05) is 39.1 Å². The van der Waals surface area contributed by atoms with Gasteiger partial charge in [0.25, 0.3) is 0 Å². The van der Waals surface area contributed by atoms with Crippen molar-refractivity contribution in [2.45, 2.75) is 26.0 Å². The zero-order chi connectivity index (χ0) is 15.8. The molecule has 0 aromatic heterocycles. The van der Waals surface area contributed by atoms with Crippen LogP contribution in [0.25, 0.3) is 0 Å². The molecule has 0 aliphatic carbocycles. The predicted molar refractivity (Wildman–Crippen MR) is 86.4 cm³/mol. The first-order chi connectivity index (χ1) is 9.88. The van der Waals surface area contributed by atoms with Crippen molar-refractivity contribution < 1.29 is 9.90 Å². The number of hydrogen-bond acceptors (Lipinski definition) is 4. The lowest BCUT2D eigenvalue weighted by atomic mass is 10.2. The minimum absolute atomic E-state index is 0.000205. The van der Waals surface area contributed by atoms with E-state index >= 15 is 0 Å². The van der Waals surface area contributed by atoms with E-state index in [1.807, 2.05) is 55.2 Å². The summed E-state index contributed by atoms with van der Waals surface area (Å²) in [6.07, 6.45) is 0.348. The number of carbonyl (C=O) groups excluding carboxylic acids is 1. The molecule has 5 heteroatoms. The van der Waals surface area contributed by atoms with Gasteiger partial charge in [-0.25, -0.2) is 0 Å². The highest BCUT2D eigenvalue weighted by atomic mass is 16.3. The van der Waals surface area contributed by atoms with Gasteiger partial charge < -0.3 is 15.3 Å². The molecule has 1 aromatic rings. The van der Waals surface area contributed by atoms with Crippen LogP contribution in [0.2, 0.25) is 0 Å². The monoisotopic (exact) mass is 293 g/mol. The Bertz CT molecular complexity index is 430. The maximum Gasteiger partial charge on any atom is 0.234 e. The lowest BCUT2D eigenvalue weighted by Crippen LogP contribution is -2.35. The Hall–Kier alpha value is -1.59. The summed E-state index contributed by atoms with van der Waals surface area (Å²) in [5.74, 6) is -0.000205. The number of aliphatic hydroxyl groups excluding tert-OH is 1. The second-order valence-corrected chi connectivity index (χ2v) is 5.71. The molecule has 1 amide bonds. The molecule has 1 unspecified atom stereocenters. The van der Waals surface area contributed by atoms with Gasteiger partial charge in [-0.05, 0) is 38.1 Å². The number of amides is 1. The summed E-state index contributed by atoms with van der Waals surface area (Å²) in [5, 5.41) is 12.1. The van der Waals surface area contributed by atoms with Gasteiger partial charge in [0.15, 0.2) is 0 Å². The van der Waals surface area contributed by atoms with Gasteiger partial charge in [-0.3, -0.25) is 9.69 Å². The SMILES string of the molecule is CC(O)CCN(C)CC(=O)NCc1ccc(N(C)C)cc1. The summed E-state index contributed by atoms with van der Waals surface area (Å²) in [5.41, 5.74) is 2.23. The Morgan fingerprint density at radius 1 is 1.24 bits per heavy atom. The molecule has 2 N–H and O–H groups in total. The van der Waals surface area contributed by atoms with Crippen LogP contribution in [0.15, 0.2) is 24.3 Å². The first-order valence-corrected chi connectivity index (χ1v) is 7.28. The number of aliphatic hydroxyl groups is 1. The van der Waals surface area contributed by atoms with Crippen molar-refractivity contribution in [3.63, 3.8) is 0 Å². The minimum atomic E-state index is -0.328. The molecule has 21 heavy (non-hydrogen) atoms.